The molecule has 0 heterocycles. The van der Waals surface area contributed by atoms with Gasteiger partial charge in [-0.2, -0.15) is 0 Å². The standard InChI is InChI=1S/C16H27FN2/c1-14(2)12-18-10-4-5-11-19(3)13-15-6-8-16(17)9-7-15/h6-9,14,18H,4-5,10-13H2,1-3H3. The molecule has 108 valence electrons. The van der Waals surface area contributed by atoms with Crippen molar-refractivity contribution in [3.05, 3.63) is 35.6 Å². The van der Waals surface area contributed by atoms with Crippen LogP contribution in [-0.4, -0.2) is 31.6 Å². The molecule has 2 nitrogen and oxygen atoms in total. The summed E-state index contributed by atoms with van der Waals surface area (Å²) in [6.45, 7) is 8.63. The summed E-state index contributed by atoms with van der Waals surface area (Å²) in [5.41, 5.74) is 1.17. The number of nitrogens with one attached hydrogen (secondary N) is 1. The first-order valence-electron chi connectivity index (χ1n) is 7.21. The second-order valence-corrected chi connectivity index (χ2v) is 5.67. The Hall–Kier alpha value is -0.930. The van der Waals surface area contributed by atoms with Gasteiger partial charge in [0, 0.05) is 6.54 Å². The third-order valence-corrected chi connectivity index (χ3v) is 3.06. The molecular weight excluding hydrogens is 239 g/mol. The van der Waals surface area contributed by atoms with E-state index < -0.39 is 0 Å². The van der Waals surface area contributed by atoms with Gasteiger partial charge in [0.2, 0.25) is 0 Å². The molecule has 0 aromatic heterocycles. The largest absolute Gasteiger partial charge is 0.316 e. The molecule has 0 radical (unpaired) electrons. The molecular formula is C16H27FN2. The van der Waals surface area contributed by atoms with Crippen molar-refractivity contribution in [2.75, 3.05) is 26.7 Å². The van der Waals surface area contributed by atoms with Crippen LogP contribution in [0.1, 0.15) is 32.3 Å². The van der Waals surface area contributed by atoms with E-state index in [-0.39, 0.29) is 5.82 Å². The highest BCUT2D eigenvalue weighted by Crippen LogP contribution is 2.06. The molecule has 1 rings (SSSR count). The van der Waals surface area contributed by atoms with Crippen LogP contribution in [-0.2, 0) is 6.54 Å². The zero-order valence-electron chi connectivity index (χ0n) is 12.5. The maximum absolute atomic E-state index is 12.8. The molecule has 0 spiro atoms. The average molecular weight is 266 g/mol. The molecule has 0 aliphatic carbocycles. The Bertz CT molecular complexity index is 335. The normalized spacial score (nSPS) is 11.5. The number of nitrogens with zero attached hydrogens (tertiary/aromatic N) is 1. The van der Waals surface area contributed by atoms with Gasteiger partial charge in [0.1, 0.15) is 5.82 Å². The Morgan fingerprint density at radius 2 is 1.84 bits per heavy atom. The van der Waals surface area contributed by atoms with Crippen molar-refractivity contribution in [2.24, 2.45) is 5.92 Å². The van der Waals surface area contributed by atoms with Crippen molar-refractivity contribution in [3.63, 3.8) is 0 Å². The Labute approximate surface area is 117 Å². The fraction of sp³-hybridized carbons (Fsp3) is 0.625. The van der Waals surface area contributed by atoms with E-state index in [1.807, 2.05) is 12.1 Å². The zero-order chi connectivity index (χ0) is 14.1. The van der Waals surface area contributed by atoms with Gasteiger partial charge in [0.25, 0.3) is 0 Å². The van der Waals surface area contributed by atoms with E-state index in [0.717, 1.165) is 32.1 Å². The highest BCUT2D eigenvalue weighted by atomic mass is 19.1. The summed E-state index contributed by atoms with van der Waals surface area (Å²) in [5, 5.41) is 3.45. The number of unbranched alkanes of at least 4 members (excludes halogenated alkanes) is 1. The number of halogens is 1. The van der Waals surface area contributed by atoms with Crippen LogP contribution >= 0.6 is 0 Å². The Morgan fingerprint density at radius 1 is 1.16 bits per heavy atom. The summed E-state index contributed by atoms with van der Waals surface area (Å²) < 4.78 is 12.8. The minimum Gasteiger partial charge on any atom is -0.316 e. The maximum Gasteiger partial charge on any atom is 0.123 e. The first-order chi connectivity index (χ1) is 9.08. The first-order valence-corrected chi connectivity index (χ1v) is 7.21. The molecule has 1 aromatic carbocycles. The lowest BCUT2D eigenvalue weighted by Crippen LogP contribution is -2.23. The van der Waals surface area contributed by atoms with Gasteiger partial charge in [-0.3, -0.25) is 0 Å². The lowest BCUT2D eigenvalue weighted by Gasteiger charge is -2.16. The average Bonchev–Trinajstić information content (AvgIpc) is 2.36. The van der Waals surface area contributed by atoms with E-state index in [2.05, 4.69) is 31.1 Å². The summed E-state index contributed by atoms with van der Waals surface area (Å²) >= 11 is 0. The molecule has 3 heteroatoms. The van der Waals surface area contributed by atoms with Crippen molar-refractivity contribution < 1.29 is 4.39 Å². The Kier molecular flexibility index (Phi) is 7.68. The molecule has 0 aliphatic heterocycles. The van der Waals surface area contributed by atoms with E-state index >= 15 is 0 Å². The molecule has 0 atom stereocenters. The van der Waals surface area contributed by atoms with Gasteiger partial charge in [-0.1, -0.05) is 26.0 Å². The van der Waals surface area contributed by atoms with E-state index in [1.54, 1.807) is 0 Å². The number of hydrogen-bond acceptors (Lipinski definition) is 2. The van der Waals surface area contributed by atoms with Gasteiger partial charge in [0.05, 0.1) is 0 Å². The monoisotopic (exact) mass is 266 g/mol. The van der Waals surface area contributed by atoms with Crippen molar-refractivity contribution in [1.82, 2.24) is 10.2 Å². The summed E-state index contributed by atoms with van der Waals surface area (Å²) in [6.07, 6.45) is 2.41. The second kappa shape index (κ2) is 9.05. The summed E-state index contributed by atoms with van der Waals surface area (Å²) in [5.74, 6) is 0.559. The highest BCUT2D eigenvalue weighted by Gasteiger charge is 2.01. The van der Waals surface area contributed by atoms with Gasteiger partial charge in [-0.25, -0.2) is 4.39 Å². The number of hydrogen-bond donors (Lipinski definition) is 1. The van der Waals surface area contributed by atoms with Gasteiger partial charge in [-0.15, -0.1) is 0 Å². The van der Waals surface area contributed by atoms with Crippen molar-refractivity contribution in [1.29, 1.82) is 0 Å². The van der Waals surface area contributed by atoms with Crippen LogP contribution in [0, 0.1) is 11.7 Å². The van der Waals surface area contributed by atoms with Crippen LogP contribution in [0.25, 0.3) is 0 Å². The van der Waals surface area contributed by atoms with Crippen LogP contribution in [0.2, 0.25) is 0 Å². The molecule has 0 aliphatic rings. The van der Waals surface area contributed by atoms with E-state index in [0.29, 0.717) is 0 Å². The van der Waals surface area contributed by atoms with Gasteiger partial charge >= 0.3 is 0 Å². The topological polar surface area (TPSA) is 15.3 Å². The number of benzene rings is 1. The fourth-order valence-electron chi connectivity index (χ4n) is 2.00. The van der Waals surface area contributed by atoms with Crippen LogP contribution in [0.5, 0.6) is 0 Å². The molecule has 0 bridgehead atoms. The van der Waals surface area contributed by atoms with Crippen LogP contribution in [0.15, 0.2) is 24.3 Å². The quantitative estimate of drug-likeness (QED) is 0.690. The summed E-state index contributed by atoms with van der Waals surface area (Å²) in [6, 6.07) is 6.77. The first kappa shape index (κ1) is 16.1. The molecule has 0 saturated carbocycles. The smallest absolute Gasteiger partial charge is 0.123 e. The van der Waals surface area contributed by atoms with Gasteiger partial charge < -0.3 is 10.2 Å². The highest BCUT2D eigenvalue weighted by molar-refractivity contribution is 5.15. The predicted molar refractivity (Wildman–Crippen MR) is 79.7 cm³/mol. The van der Waals surface area contributed by atoms with Crippen LogP contribution < -0.4 is 5.32 Å². The summed E-state index contributed by atoms with van der Waals surface area (Å²) in [7, 11) is 2.12. The Balaban J connectivity index is 2.08. The third-order valence-electron chi connectivity index (χ3n) is 3.06. The number of rotatable bonds is 9. The lowest BCUT2D eigenvalue weighted by atomic mass is 10.2. The predicted octanol–water partition coefficient (Wildman–Crippen LogP) is 3.28. The SMILES string of the molecule is CC(C)CNCCCCN(C)Cc1ccc(F)cc1. The van der Waals surface area contributed by atoms with Crippen LogP contribution in [0.3, 0.4) is 0 Å². The van der Waals surface area contributed by atoms with Crippen molar-refractivity contribution in [3.8, 4) is 0 Å². The van der Waals surface area contributed by atoms with Crippen molar-refractivity contribution >= 4 is 0 Å². The molecule has 1 N–H and O–H groups in total. The minimum absolute atomic E-state index is 0.164. The fourth-order valence-corrected chi connectivity index (χ4v) is 2.00. The van der Waals surface area contributed by atoms with Crippen LogP contribution in [0.4, 0.5) is 4.39 Å². The van der Waals surface area contributed by atoms with Crippen molar-refractivity contribution in [2.45, 2.75) is 33.2 Å². The summed E-state index contributed by atoms with van der Waals surface area (Å²) in [4.78, 5) is 2.29. The molecule has 19 heavy (non-hydrogen) atoms. The van der Waals surface area contributed by atoms with E-state index in [1.165, 1.54) is 30.5 Å². The van der Waals surface area contributed by atoms with E-state index in [4.69, 9.17) is 0 Å². The maximum atomic E-state index is 12.8. The lowest BCUT2D eigenvalue weighted by molar-refractivity contribution is 0.317. The van der Waals surface area contributed by atoms with Gasteiger partial charge in [-0.05, 0) is 63.1 Å². The molecule has 0 amide bonds. The molecule has 1 aromatic rings. The van der Waals surface area contributed by atoms with Gasteiger partial charge in [0.15, 0.2) is 0 Å². The third kappa shape index (κ3) is 7.96. The second-order valence-electron chi connectivity index (χ2n) is 5.67. The molecule has 0 saturated heterocycles. The zero-order valence-corrected chi connectivity index (χ0v) is 12.5. The Morgan fingerprint density at radius 3 is 2.47 bits per heavy atom. The molecule has 0 unspecified atom stereocenters. The van der Waals surface area contributed by atoms with E-state index in [9.17, 15) is 4.39 Å². The minimum atomic E-state index is -0.164. The molecule has 0 fully saturated rings.